The number of anilines is 1. The molecule has 2 aromatic rings. The molecule has 0 saturated heterocycles. The van der Waals surface area contributed by atoms with E-state index in [1.165, 1.54) is 18.2 Å². The van der Waals surface area contributed by atoms with E-state index in [0.29, 0.717) is 15.1 Å². The number of hydrogen-bond acceptors (Lipinski definition) is 1. The average Bonchev–Trinajstić information content (AvgIpc) is 2.32. The molecule has 0 spiro atoms. The van der Waals surface area contributed by atoms with Gasteiger partial charge in [-0.15, -0.1) is 0 Å². The molecule has 19 heavy (non-hydrogen) atoms. The maximum absolute atomic E-state index is 13.6. The molecule has 0 amide bonds. The van der Waals surface area contributed by atoms with Crippen molar-refractivity contribution in [3.05, 3.63) is 62.8 Å². The highest BCUT2D eigenvalue weighted by Crippen LogP contribution is 2.25. The van der Waals surface area contributed by atoms with E-state index < -0.39 is 17.5 Å². The number of hydrogen-bond donors (Lipinski definition) is 1. The van der Waals surface area contributed by atoms with Gasteiger partial charge in [0.1, 0.15) is 23.1 Å². The van der Waals surface area contributed by atoms with Crippen LogP contribution in [0.4, 0.5) is 18.9 Å². The van der Waals surface area contributed by atoms with Gasteiger partial charge in [0, 0.05) is 16.0 Å². The first-order valence-electron chi connectivity index (χ1n) is 5.29. The molecule has 0 saturated carbocycles. The molecule has 0 aliphatic heterocycles. The van der Waals surface area contributed by atoms with Gasteiger partial charge < -0.3 is 5.32 Å². The number of benzene rings is 2. The normalized spacial score (nSPS) is 10.6. The monoisotopic (exact) mass is 349 g/mol. The van der Waals surface area contributed by atoms with Crippen LogP contribution in [0, 0.1) is 17.5 Å². The van der Waals surface area contributed by atoms with Crippen LogP contribution < -0.4 is 5.32 Å². The zero-order valence-electron chi connectivity index (χ0n) is 9.48. The highest BCUT2D eigenvalue weighted by atomic mass is 79.9. The van der Waals surface area contributed by atoms with Crippen LogP contribution in [-0.2, 0) is 6.54 Å². The molecule has 2 rings (SSSR count). The van der Waals surface area contributed by atoms with E-state index in [-0.39, 0.29) is 12.2 Å². The second kappa shape index (κ2) is 5.84. The minimum Gasteiger partial charge on any atom is -0.376 e. The predicted octanol–water partition coefficient (Wildman–Crippen LogP) is 5.13. The Morgan fingerprint density at radius 2 is 1.68 bits per heavy atom. The Balaban J connectivity index is 2.21. The Morgan fingerprint density at radius 3 is 2.32 bits per heavy atom. The van der Waals surface area contributed by atoms with Gasteiger partial charge in [0.05, 0.1) is 0 Å². The molecule has 6 heteroatoms. The first kappa shape index (κ1) is 14.2. The van der Waals surface area contributed by atoms with Crippen molar-refractivity contribution in [2.45, 2.75) is 6.54 Å². The van der Waals surface area contributed by atoms with Crippen LogP contribution in [0.5, 0.6) is 0 Å². The van der Waals surface area contributed by atoms with Gasteiger partial charge in [-0.1, -0.05) is 27.5 Å². The molecule has 0 atom stereocenters. The van der Waals surface area contributed by atoms with Crippen molar-refractivity contribution >= 4 is 33.2 Å². The van der Waals surface area contributed by atoms with Crippen molar-refractivity contribution in [1.29, 1.82) is 0 Å². The van der Waals surface area contributed by atoms with E-state index in [9.17, 15) is 13.2 Å². The van der Waals surface area contributed by atoms with E-state index in [0.717, 1.165) is 12.1 Å². The first-order chi connectivity index (χ1) is 8.97. The average molecular weight is 351 g/mol. The molecule has 0 unspecified atom stereocenters. The van der Waals surface area contributed by atoms with Crippen LogP contribution in [-0.4, -0.2) is 0 Å². The van der Waals surface area contributed by atoms with Gasteiger partial charge in [-0.3, -0.25) is 0 Å². The van der Waals surface area contributed by atoms with Crippen LogP contribution in [0.3, 0.4) is 0 Å². The summed E-state index contributed by atoms with van der Waals surface area (Å²) in [6.07, 6.45) is 0. The molecule has 0 heterocycles. The van der Waals surface area contributed by atoms with Crippen molar-refractivity contribution in [3.63, 3.8) is 0 Å². The number of nitrogens with one attached hydrogen (secondary N) is 1. The lowest BCUT2D eigenvalue weighted by Gasteiger charge is -2.10. The van der Waals surface area contributed by atoms with Gasteiger partial charge in [-0.25, -0.2) is 13.2 Å². The molecular weight excluding hydrogens is 343 g/mol. The zero-order chi connectivity index (χ0) is 14.0. The molecule has 0 aliphatic carbocycles. The van der Waals surface area contributed by atoms with Crippen molar-refractivity contribution in [2.24, 2.45) is 0 Å². The number of rotatable bonds is 3. The quantitative estimate of drug-likeness (QED) is 0.809. The molecule has 1 nitrogen and oxygen atoms in total. The first-order valence-corrected chi connectivity index (χ1v) is 6.47. The van der Waals surface area contributed by atoms with Crippen molar-refractivity contribution < 1.29 is 13.2 Å². The lowest BCUT2D eigenvalue weighted by atomic mass is 10.2. The zero-order valence-corrected chi connectivity index (χ0v) is 11.8. The fourth-order valence-electron chi connectivity index (χ4n) is 1.57. The minimum atomic E-state index is -0.737. The summed E-state index contributed by atoms with van der Waals surface area (Å²) in [7, 11) is 0. The SMILES string of the molecule is Fc1ccc(Cl)c(CNc2c(F)cc(Br)cc2F)c1. The van der Waals surface area contributed by atoms with Crippen LogP contribution >= 0.6 is 27.5 Å². The van der Waals surface area contributed by atoms with Crippen molar-refractivity contribution in [2.75, 3.05) is 5.32 Å². The van der Waals surface area contributed by atoms with Crippen LogP contribution in [0.2, 0.25) is 5.02 Å². The summed E-state index contributed by atoms with van der Waals surface area (Å²) in [4.78, 5) is 0. The van der Waals surface area contributed by atoms with Crippen LogP contribution in [0.1, 0.15) is 5.56 Å². The molecule has 0 bridgehead atoms. The summed E-state index contributed by atoms with van der Waals surface area (Å²) in [5, 5.41) is 2.90. The standard InChI is InChI=1S/C13H8BrClF3N/c14-8-4-11(17)13(12(18)5-8)19-6-7-3-9(16)1-2-10(7)15/h1-5,19H,6H2. The largest absolute Gasteiger partial charge is 0.376 e. The highest BCUT2D eigenvalue weighted by Gasteiger charge is 2.11. The van der Waals surface area contributed by atoms with Crippen LogP contribution in [0.15, 0.2) is 34.8 Å². The topological polar surface area (TPSA) is 12.0 Å². The maximum atomic E-state index is 13.6. The second-order valence-corrected chi connectivity index (χ2v) is 5.16. The van der Waals surface area contributed by atoms with E-state index in [1.807, 2.05) is 0 Å². The molecule has 0 aromatic heterocycles. The predicted molar refractivity (Wildman–Crippen MR) is 72.8 cm³/mol. The third-order valence-electron chi connectivity index (χ3n) is 2.47. The third kappa shape index (κ3) is 3.42. The molecule has 0 fully saturated rings. The van der Waals surface area contributed by atoms with E-state index in [1.54, 1.807) is 0 Å². The van der Waals surface area contributed by atoms with E-state index in [4.69, 9.17) is 11.6 Å². The van der Waals surface area contributed by atoms with E-state index >= 15 is 0 Å². The molecule has 1 N–H and O–H groups in total. The Kier molecular flexibility index (Phi) is 4.37. The second-order valence-electron chi connectivity index (χ2n) is 3.83. The minimum absolute atomic E-state index is 0.0199. The van der Waals surface area contributed by atoms with Gasteiger partial charge in [-0.05, 0) is 35.9 Å². The summed E-state index contributed by atoms with van der Waals surface area (Å²) in [6, 6.07) is 6.09. The molecule has 100 valence electrons. The smallest absolute Gasteiger partial charge is 0.150 e. The Hall–Kier alpha value is -1.20. The summed E-state index contributed by atoms with van der Waals surface area (Å²) >= 11 is 8.85. The Bertz CT molecular complexity index is 596. The van der Waals surface area contributed by atoms with Gasteiger partial charge in [0.25, 0.3) is 0 Å². The van der Waals surface area contributed by atoms with Gasteiger partial charge in [0.2, 0.25) is 0 Å². The van der Waals surface area contributed by atoms with Gasteiger partial charge in [0.15, 0.2) is 0 Å². The molecule has 2 aromatic carbocycles. The van der Waals surface area contributed by atoms with Crippen molar-refractivity contribution in [1.82, 2.24) is 0 Å². The fraction of sp³-hybridized carbons (Fsp3) is 0.0769. The third-order valence-corrected chi connectivity index (χ3v) is 3.30. The number of halogens is 5. The maximum Gasteiger partial charge on any atom is 0.150 e. The molecule has 0 aliphatic rings. The molecule has 0 radical (unpaired) electrons. The van der Waals surface area contributed by atoms with Crippen molar-refractivity contribution in [3.8, 4) is 0 Å². The summed E-state index contributed by atoms with van der Waals surface area (Å²) in [5.74, 6) is -1.93. The van der Waals surface area contributed by atoms with Gasteiger partial charge >= 0.3 is 0 Å². The Morgan fingerprint density at radius 1 is 1.05 bits per heavy atom. The Labute approximate surface area is 121 Å². The fourth-order valence-corrected chi connectivity index (χ4v) is 2.16. The molecular formula is C13H8BrClF3N. The summed E-state index contributed by atoms with van der Waals surface area (Å²) in [6.45, 7) is 0.0199. The summed E-state index contributed by atoms with van der Waals surface area (Å²) < 4.78 is 40.5. The summed E-state index contributed by atoms with van der Waals surface area (Å²) in [5.41, 5.74) is 0.145. The lowest BCUT2D eigenvalue weighted by Crippen LogP contribution is -2.04. The van der Waals surface area contributed by atoms with E-state index in [2.05, 4.69) is 21.2 Å². The van der Waals surface area contributed by atoms with Gasteiger partial charge in [-0.2, -0.15) is 0 Å². The highest BCUT2D eigenvalue weighted by molar-refractivity contribution is 9.10. The lowest BCUT2D eigenvalue weighted by molar-refractivity contribution is 0.586. The van der Waals surface area contributed by atoms with Crippen LogP contribution in [0.25, 0.3) is 0 Å².